The number of hydrogen-bond donors (Lipinski definition) is 3. The van der Waals surface area contributed by atoms with Gasteiger partial charge in [0, 0.05) is 11.4 Å². The lowest BCUT2D eigenvalue weighted by molar-refractivity contribution is -0.126. The summed E-state index contributed by atoms with van der Waals surface area (Å²) in [5.41, 5.74) is 1.22. The first-order chi connectivity index (χ1) is 9.20. The number of aliphatic hydroxyl groups excluding tert-OH is 1. The number of nitrogens with zero attached hydrogens (tertiary/aromatic N) is 1. The maximum atomic E-state index is 12.3. The number of nitrogens with one attached hydrogen (secondary N) is 2. The lowest BCUT2D eigenvalue weighted by Gasteiger charge is -2.24. The van der Waals surface area contributed by atoms with E-state index in [0.29, 0.717) is 17.8 Å². The van der Waals surface area contributed by atoms with E-state index in [2.05, 4.69) is 10.6 Å². The fourth-order valence-electron chi connectivity index (χ4n) is 2.40. The largest absolute Gasteiger partial charge is 0.395 e. The smallest absolute Gasteiger partial charge is 0.319 e. The standard InChI is InChI=1S/C12H13N3O3S/c16-4-3-15-6-7-9(11(15)17)10(14-12(18)13-7)8-2-1-5-19-8/h1-2,5,10,16H,3-4,6H2,(H2,13,14,18). The molecule has 2 aliphatic rings. The Morgan fingerprint density at radius 2 is 2.32 bits per heavy atom. The van der Waals surface area contributed by atoms with Crippen LogP contribution in [0.1, 0.15) is 10.9 Å². The highest BCUT2D eigenvalue weighted by molar-refractivity contribution is 7.10. The van der Waals surface area contributed by atoms with Crippen molar-refractivity contribution in [2.45, 2.75) is 6.04 Å². The molecule has 3 heterocycles. The zero-order chi connectivity index (χ0) is 13.4. The van der Waals surface area contributed by atoms with Crippen LogP contribution in [0.25, 0.3) is 0 Å². The zero-order valence-electron chi connectivity index (χ0n) is 10.0. The van der Waals surface area contributed by atoms with Crippen molar-refractivity contribution in [1.82, 2.24) is 15.5 Å². The third-order valence-corrected chi connectivity index (χ3v) is 4.16. The van der Waals surface area contributed by atoms with Crippen molar-refractivity contribution in [2.24, 2.45) is 0 Å². The summed E-state index contributed by atoms with van der Waals surface area (Å²) in [4.78, 5) is 26.4. The van der Waals surface area contributed by atoms with Crippen molar-refractivity contribution < 1.29 is 14.7 Å². The second-order valence-corrected chi connectivity index (χ2v) is 5.37. The molecule has 100 valence electrons. The highest BCUT2D eigenvalue weighted by Crippen LogP contribution is 2.34. The first-order valence-electron chi connectivity index (χ1n) is 5.95. The molecule has 1 unspecified atom stereocenters. The third kappa shape index (κ3) is 2.00. The Hall–Kier alpha value is -1.86. The van der Waals surface area contributed by atoms with Crippen molar-refractivity contribution in [3.63, 3.8) is 0 Å². The summed E-state index contributed by atoms with van der Waals surface area (Å²) in [6, 6.07) is 3.10. The number of thiophene rings is 1. The van der Waals surface area contributed by atoms with E-state index in [9.17, 15) is 9.59 Å². The molecule has 0 radical (unpaired) electrons. The van der Waals surface area contributed by atoms with Crippen LogP contribution < -0.4 is 10.6 Å². The van der Waals surface area contributed by atoms with Crippen molar-refractivity contribution in [3.8, 4) is 0 Å². The number of carbonyl (C=O) groups excluding carboxylic acids is 2. The summed E-state index contributed by atoms with van der Waals surface area (Å²) >= 11 is 1.50. The molecule has 0 bridgehead atoms. The summed E-state index contributed by atoms with van der Waals surface area (Å²) < 4.78 is 0. The SMILES string of the molecule is O=C1NC2=C(C(=O)N(CCO)C2)C(c2cccs2)N1. The van der Waals surface area contributed by atoms with Gasteiger partial charge in [-0.3, -0.25) is 4.79 Å². The molecule has 1 aromatic heterocycles. The minimum absolute atomic E-state index is 0.0860. The van der Waals surface area contributed by atoms with Crippen LogP contribution in [0.3, 0.4) is 0 Å². The van der Waals surface area contributed by atoms with Crippen LogP contribution in [-0.4, -0.2) is 41.6 Å². The van der Waals surface area contributed by atoms with Gasteiger partial charge in [0.2, 0.25) is 0 Å². The Bertz CT molecular complexity index is 553. The van der Waals surface area contributed by atoms with E-state index in [0.717, 1.165) is 4.88 Å². The van der Waals surface area contributed by atoms with E-state index >= 15 is 0 Å². The number of urea groups is 1. The first kappa shape index (κ1) is 12.2. The van der Waals surface area contributed by atoms with E-state index in [-0.39, 0.29) is 31.1 Å². The Morgan fingerprint density at radius 1 is 1.47 bits per heavy atom. The van der Waals surface area contributed by atoms with Crippen molar-refractivity contribution in [3.05, 3.63) is 33.7 Å². The van der Waals surface area contributed by atoms with Gasteiger partial charge in [-0.25, -0.2) is 4.79 Å². The van der Waals surface area contributed by atoms with Gasteiger partial charge in [-0.15, -0.1) is 11.3 Å². The highest BCUT2D eigenvalue weighted by atomic mass is 32.1. The van der Waals surface area contributed by atoms with Crippen LogP contribution in [0.5, 0.6) is 0 Å². The van der Waals surface area contributed by atoms with Crippen LogP contribution in [0.4, 0.5) is 4.79 Å². The van der Waals surface area contributed by atoms with Gasteiger partial charge in [0.05, 0.1) is 30.5 Å². The molecule has 2 aliphatic heterocycles. The summed E-state index contributed by atoms with van der Waals surface area (Å²) in [7, 11) is 0. The Kier molecular flexibility index (Phi) is 3.00. The van der Waals surface area contributed by atoms with Crippen molar-refractivity contribution in [1.29, 1.82) is 0 Å². The normalized spacial score (nSPS) is 22.4. The number of amides is 3. The van der Waals surface area contributed by atoms with E-state index in [1.807, 2.05) is 17.5 Å². The molecule has 0 spiro atoms. The fraction of sp³-hybridized carbons (Fsp3) is 0.333. The molecule has 3 N–H and O–H groups in total. The maximum Gasteiger partial charge on any atom is 0.319 e. The van der Waals surface area contributed by atoms with Gasteiger partial charge in [0.25, 0.3) is 5.91 Å². The lowest BCUT2D eigenvalue weighted by atomic mass is 10.0. The molecule has 0 fully saturated rings. The molecule has 19 heavy (non-hydrogen) atoms. The molecule has 1 atom stereocenters. The quantitative estimate of drug-likeness (QED) is 0.739. The number of aliphatic hydroxyl groups is 1. The van der Waals surface area contributed by atoms with E-state index in [4.69, 9.17) is 5.11 Å². The van der Waals surface area contributed by atoms with Crippen LogP contribution >= 0.6 is 11.3 Å². The zero-order valence-corrected chi connectivity index (χ0v) is 10.9. The lowest BCUT2D eigenvalue weighted by Crippen LogP contribution is -2.44. The predicted molar refractivity (Wildman–Crippen MR) is 69.4 cm³/mol. The van der Waals surface area contributed by atoms with Crippen LogP contribution in [-0.2, 0) is 4.79 Å². The van der Waals surface area contributed by atoms with Gasteiger partial charge in [-0.1, -0.05) is 6.07 Å². The third-order valence-electron chi connectivity index (χ3n) is 3.22. The average molecular weight is 279 g/mol. The monoisotopic (exact) mass is 279 g/mol. The van der Waals surface area contributed by atoms with Crippen LogP contribution in [0.15, 0.2) is 28.8 Å². The maximum absolute atomic E-state index is 12.3. The number of rotatable bonds is 3. The molecule has 3 amide bonds. The summed E-state index contributed by atoms with van der Waals surface area (Å²) in [5.74, 6) is -0.130. The molecule has 3 rings (SSSR count). The minimum atomic E-state index is -0.389. The Labute approximate surface area is 113 Å². The molecule has 1 aromatic rings. The molecule has 0 aliphatic carbocycles. The molecule has 6 nitrogen and oxygen atoms in total. The van der Waals surface area contributed by atoms with E-state index in [1.165, 1.54) is 11.3 Å². The van der Waals surface area contributed by atoms with Gasteiger partial charge in [-0.05, 0) is 11.4 Å². The predicted octanol–water partition coefficient (Wildman–Crippen LogP) is 0.191. The highest BCUT2D eigenvalue weighted by Gasteiger charge is 2.40. The molecular weight excluding hydrogens is 266 g/mol. The van der Waals surface area contributed by atoms with Gasteiger partial charge in [0.1, 0.15) is 0 Å². The summed E-state index contributed by atoms with van der Waals surface area (Å²) in [6.45, 7) is 0.542. The van der Waals surface area contributed by atoms with Crippen molar-refractivity contribution >= 4 is 23.3 Å². The molecule has 0 saturated heterocycles. The number of carbonyl (C=O) groups is 2. The van der Waals surface area contributed by atoms with Gasteiger partial charge >= 0.3 is 6.03 Å². The van der Waals surface area contributed by atoms with Gasteiger partial charge < -0.3 is 20.6 Å². The second-order valence-electron chi connectivity index (χ2n) is 4.39. The molecule has 0 aromatic carbocycles. The van der Waals surface area contributed by atoms with Crippen molar-refractivity contribution in [2.75, 3.05) is 19.7 Å². The average Bonchev–Trinajstić information content (AvgIpc) is 2.99. The summed E-state index contributed by atoms with van der Waals surface area (Å²) in [6.07, 6.45) is 0. The van der Waals surface area contributed by atoms with Crippen LogP contribution in [0, 0.1) is 0 Å². The minimum Gasteiger partial charge on any atom is -0.395 e. The molecule has 0 saturated carbocycles. The number of hydrogen-bond acceptors (Lipinski definition) is 4. The first-order valence-corrected chi connectivity index (χ1v) is 6.82. The van der Waals surface area contributed by atoms with E-state index < -0.39 is 0 Å². The summed E-state index contributed by atoms with van der Waals surface area (Å²) in [5, 5.41) is 16.3. The topological polar surface area (TPSA) is 81.7 Å². The molecule has 7 heteroatoms. The van der Waals surface area contributed by atoms with Gasteiger partial charge in [0.15, 0.2) is 0 Å². The molecular formula is C12H13N3O3S. The number of β-amino-alcohol motifs (C(OH)–C–C–N with tert-alkyl or cyclic N) is 1. The van der Waals surface area contributed by atoms with Crippen LogP contribution in [0.2, 0.25) is 0 Å². The Morgan fingerprint density at radius 3 is 3.00 bits per heavy atom. The second kappa shape index (κ2) is 4.67. The fourth-order valence-corrected chi connectivity index (χ4v) is 3.18. The van der Waals surface area contributed by atoms with Gasteiger partial charge in [-0.2, -0.15) is 0 Å². The van der Waals surface area contributed by atoms with E-state index in [1.54, 1.807) is 4.90 Å². The Balaban J connectivity index is 1.96.